The Labute approximate surface area is 83.7 Å². The quantitative estimate of drug-likeness (QED) is 0.797. The Balaban J connectivity index is 3.39. The maximum Gasteiger partial charge on any atom is 0.272 e. The van der Waals surface area contributed by atoms with Crippen molar-refractivity contribution in [2.45, 2.75) is 12.3 Å². The topological polar surface area (TPSA) is 42.1 Å². The first-order valence-electron chi connectivity index (χ1n) is 3.74. The molecular weight excluding hydrogens is 216 g/mol. The second-order valence-electron chi connectivity index (χ2n) is 2.52. The number of aromatic amines is 1. The molecule has 0 saturated heterocycles. The number of rotatable bonds is 3. The molecule has 0 amide bonds. The van der Waals surface area contributed by atoms with E-state index in [2.05, 4.69) is 9.72 Å². The Kier molecular flexibility index (Phi) is 3.46. The van der Waals surface area contributed by atoms with Gasteiger partial charge in [-0.25, -0.2) is 8.78 Å². The molecule has 1 N–H and O–H groups in total. The lowest BCUT2D eigenvalue weighted by molar-refractivity contribution is 0.144. The van der Waals surface area contributed by atoms with Gasteiger partial charge in [-0.05, 0) is 0 Å². The zero-order chi connectivity index (χ0) is 10.7. The summed E-state index contributed by atoms with van der Waals surface area (Å²) >= 11 is 5.40. The molecule has 14 heavy (non-hydrogen) atoms. The third kappa shape index (κ3) is 1.87. The fourth-order valence-corrected chi connectivity index (χ4v) is 1.24. The van der Waals surface area contributed by atoms with Crippen LogP contribution in [-0.2, 0) is 5.88 Å². The summed E-state index contributed by atoms with van der Waals surface area (Å²) < 4.78 is 29.5. The Morgan fingerprint density at radius 2 is 2.29 bits per heavy atom. The Morgan fingerprint density at radius 1 is 1.64 bits per heavy atom. The molecule has 78 valence electrons. The molecule has 0 aliphatic heterocycles. The minimum absolute atomic E-state index is 0.0998. The van der Waals surface area contributed by atoms with Crippen LogP contribution in [0, 0.1) is 0 Å². The molecule has 0 atom stereocenters. The number of ether oxygens (including phenoxy) is 1. The van der Waals surface area contributed by atoms with Crippen molar-refractivity contribution in [3.8, 4) is 5.88 Å². The average Bonchev–Trinajstić information content (AvgIpc) is 2.16. The Bertz CT molecular complexity index is 378. The van der Waals surface area contributed by atoms with Gasteiger partial charge in [-0.2, -0.15) is 0 Å². The summed E-state index contributed by atoms with van der Waals surface area (Å²) in [5.41, 5.74) is -1.35. The van der Waals surface area contributed by atoms with Crippen molar-refractivity contribution in [3.05, 3.63) is 27.5 Å². The lowest BCUT2D eigenvalue weighted by atomic mass is 10.2. The summed E-state index contributed by atoms with van der Waals surface area (Å²) in [6.07, 6.45) is -1.61. The summed E-state index contributed by atoms with van der Waals surface area (Å²) in [6.45, 7) is 0. The van der Waals surface area contributed by atoms with Crippen molar-refractivity contribution in [2.75, 3.05) is 7.11 Å². The fraction of sp³-hybridized carbons (Fsp3) is 0.375. The van der Waals surface area contributed by atoms with E-state index in [1.807, 2.05) is 0 Å². The number of nitrogens with one attached hydrogen (secondary N) is 1. The van der Waals surface area contributed by atoms with E-state index in [0.29, 0.717) is 0 Å². The van der Waals surface area contributed by atoms with Gasteiger partial charge in [0.2, 0.25) is 5.88 Å². The number of methoxy groups -OCH3 is 1. The van der Waals surface area contributed by atoms with Gasteiger partial charge in [-0.1, -0.05) is 0 Å². The number of hydrogen-bond acceptors (Lipinski definition) is 2. The van der Waals surface area contributed by atoms with Crippen LogP contribution in [0.5, 0.6) is 5.88 Å². The second kappa shape index (κ2) is 4.41. The van der Waals surface area contributed by atoms with Gasteiger partial charge in [-0.15, -0.1) is 11.6 Å². The maximum absolute atomic E-state index is 12.4. The van der Waals surface area contributed by atoms with Crippen molar-refractivity contribution >= 4 is 11.6 Å². The molecule has 0 aliphatic rings. The highest BCUT2D eigenvalue weighted by molar-refractivity contribution is 6.17. The molecule has 0 fully saturated rings. The smallest absolute Gasteiger partial charge is 0.272 e. The molecule has 0 aromatic carbocycles. The van der Waals surface area contributed by atoms with Crippen molar-refractivity contribution in [1.82, 2.24) is 4.98 Å². The molecule has 1 heterocycles. The number of alkyl halides is 3. The molecule has 1 aromatic heterocycles. The molecule has 0 radical (unpaired) electrons. The number of H-pyrrole nitrogens is 1. The lowest BCUT2D eigenvalue weighted by Gasteiger charge is -2.07. The van der Waals surface area contributed by atoms with Gasteiger partial charge in [0.05, 0.1) is 13.0 Å². The van der Waals surface area contributed by atoms with E-state index in [1.165, 1.54) is 13.3 Å². The molecule has 0 aliphatic carbocycles. The third-order valence-electron chi connectivity index (χ3n) is 1.72. The molecule has 3 nitrogen and oxygen atoms in total. The zero-order valence-electron chi connectivity index (χ0n) is 7.31. The van der Waals surface area contributed by atoms with Crippen LogP contribution in [0.3, 0.4) is 0 Å². The van der Waals surface area contributed by atoms with Gasteiger partial charge < -0.3 is 9.72 Å². The van der Waals surface area contributed by atoms with Gasteiger partial charge in [0, 0.05) is 11.8 Å². The summed E-state index contributed by atoms with van der Waals surface area (Å²) in [6, 6.07) is 0. The summed E-state index contributed by atoms with van der Waals surface area (Å²) in [5.74, 6) is -0.335. The van der Waals surface area contributed by atoms with Crippen LogP contribution in [0.4, 0.5) is 8.78 Å². The van der Waals surface area contributed by atoms with E-state index in [-0.39, 0.29) is 17.3 Å². The monoisotopic (exact) mass is 223 g/mol. The molecule has 0 bridgehead atoms. The summed E-state index contributed by atoms with van der Waals surface area (Å²) in [4.78, 5) is 13.8. The normalized spacial score (nSPS) is 10.6. The maximum atomic E-state index is 12.4. The van der Waals surface area contributed by atoms with E-state index in [4.69, 9.17) is 11.6 Å². The van der Waals surface area contributed by atoms with Crippen LogP contribution in [0.1, 0.15) is 17.6 Å². The predicted octanol–water partition coefficient (Wildman–Crippen LogP) is 2.06. The molecule has 0 unspecified atom stereocenters. The van der Waals surface area contributed by atoms with E-state index in [0.717, 1.165) is 0 Å². The highest BCUT2D eigenvalue weighted by atomic mass is 35.5. The largest absolute Gasteiger partial charge is 0.482 e. The molecule has 0 saturated carbocycles. The highest BCUT2D eigenvalue weighted by Crippen LogP contribution is 2.23. The van der Waals surface area contributed by atoms with Crippen molar-refractivity contribution in [2.24, 2.45) is 0 Å². The van der Waals surface area contributed by atoms with Gasteiger partial charge in [-0.3, -0.25) is 4.79 Å². The number of halogens is 3. The molecule has 1 aromatic rings. The zero-order valence-corrected chi connectivity index (χ0v) is 8.07. The molecular formula is C8H8ClF2NO2. The van der Waals surface area contributed by atoms with Crippen LogP contribution in [0.2, 0.25) is 0 Å². The highest BCUT2D eigenvalue weighted by Gasteiger charge is 2.20. The van der Waals surface area contributed by atoms with E-state index < -0.39 is 17.4 Å². The molecule has 0 spiro atoms. The first kappa shape index (κ1) is 11.0. The van der Waals surface area contributed by atoms with Crippen molar-refractivity contribution in [3.63, 3.8) is 0 Å². The Hall–Kier alpha value is -1.10. The average molecular weight is 224 g/mol. The van der Waals surface area contributed by atoms with E-state index in [9.17, 15) is 13.6 Å². The van der Waals surface area contributed by atoms with Crippen LogP contribution in [-0.4, -0.2) is 12.1 Å². The molecule has 6 heteroatoms. The number of pyridine rings is 1. The number of aromatic nitrogens is 1. The van der Waals surface area contributed by atoms with Gasteiger partial charge in [0.15, 0.2) is 5.43 Å². The van der Waals surface area contributed by atoms with Crippen molar-refractivity contribution < 1.29 is 13.5 Å². The Morgan fingerprint density at radius 3 is 2.71 bits per heavy atom. The van der Waals surface area contributed by atoms with E-state index in [1.54, 1.807) is 0 Å². The first-order chi connectivity index (χ1) is 6.61. The van der Waals surface area contributed by atoms with Crippen molar-refractivity contribution in [1.29, 1.82) is 0 Å². The third-order valence-corrected chi connectivity index (χ3v) is 2.01. The second-order valence-corrected chi connectivity index (χ2v) is 2.79. The SMILES string of the molecule is COc1[nH]cc(CCl)c(=O)c1C(F)F. The van der Waals surface area contributed by atoms with Crippen LogP contribution in [0.15, 0.2) is 11.0 Å². The van der Waals surface area contributed by atoms with Gasteiger partial charge in [0.1, 0.15) is 5.56 Å². The van der Waals surface area contributed by atoms with Crippen LogP contribution < -0.4 is 10.2 Å². The fourth-order valence-electron chi connectivity index (χ4n) is 1.04. The minimum atomic E-state index is -2.88. The standard InChI is InChI=1S/C8H8ClF2NO2/c1-14-8-5(7(10)11)6(13)4(2-9)3-12-8/h3,7H,2H2,1H3,(H,12,13). The lowest BCUT2D eigenvalue weighted by Crippen LogP contribution is -2.16. The van der Waals surface area contributed by atoms with E-state index >= 15 is 0 Å². The van der Waals surface area contributed by atoms with Crippen LogP contribution >= 0.6 is 11.6 Å². The predicted molar refractivity (Wildman–Crippen MR) is 48.1 cm³/mol. The number of hydrogen-bond donors (Lipinski definition) is 1. The summed E-state index contributed by atoms with van der Waals surface area (Å²) in [5, 5.41) is 0. The van der Waals surface area contributed by atoms with Gasteiger partial charge >= 0.3 is 0 Å². The van der Waals surface area contributed by atoms with Crippen LogP contribution in [0.25, 0.3) is 0 Å². The minimum Gasteiger partial charge on any atom is -0.482 e. The first-order valence-corrected chi connectivity index (χ1v) is 4.27. The summed E-state index contributed by atoms with van der Waals surface area (Å²) in [7, 11) is 1.21. The van der Waals surface area contributed by atoms with Gasteiger partial charge in [0.25, 0.3) is 6.43 Å². The molecule has 1 rings (SSSR count).